The van der Waals surface area contributed by atoms with Crippen LogP contribution in [0.15, 0.2) is 54.2 Å². The minimum atomic E-state index is -1.29. The van der Waals surface area contributed by atoms with Gasteiger partial charge in [-0.15, -0.1) is 0 Å². The van der Waals surface area contributed by atoms with Gasteiger partial charge in [0.15, 0.2) is 0 Å². The SMILES string of the molecule is O=C1NC(=O)N(Cc2ccccc2)/C1=C\c1ccc(O)c(C(=O)O)c1. The molecule has 0 radical (unpaired) electrons. The van der Waals surface area contributed by atoms with Gasteiger partial charge in [0.2, 0.25) is 0 Å². The molecule has 1 aliphatic rings. The Morgan fingerprint density at radius 2 is 1.84 bits per heavy atom. The lowest BCUT2D eigenvalue weighted by atomic mass is 10.1. The van der Waals surface area contributed by atoms with Crippen molar-refractivity contribution in [3.8, 4) is 5.75 Å². The minimum absolute atomic E-state index is 0.107. The number of nitrogens with one attached hydrogen (secondary N) is 1. The molecule has 1 fully saturated rings. The molecule has 2 aromatic rings. The van der Waals surface area contributed by atoms with Crippen LogP contribution in [0.3, 0.4) is 0 Å². The number of amides is 3. The van der Waals surface area contributed by atoms with Crippen LogP contribution in [0, 0.1) is 0 Å². The molecule has 7 nitrogen and oxygen atoms in total. The molecule has 3 rings (SSSR count). The van der Waals surface area contributed by atoms with E-state index >= 15 is 0 Å². The first-order valence-corrected chi connectivity index (χ1v) is 7.40. The molecular formula is C18H14N2O5. The fraction of sp³-hybridized carbons (Fsp3) is 0.0556. The monoisotopic (exact) mass is 338 g/mol. The predicted octanol–water partition coefficient (Wildman–Crippen LogP) is 2.18. The van der Waals surface area contributed by atoms with Crippen molar-refractivity contribution >= 4 is 24.0 Å². The Morgan fingerprint density at radius 3 is 2.52 bits per heavy atom. The molecule has 0 spiro atoms. The molecule has 126 valence electrons. The van der Waals surface area contributed by atoms with E-state index in [1.807, 2.05) is 30.3 Å². The highest BCUT2D eigenvalue weighted by Gasteiger charge is 2.32. The zero-order chi connectivity index (χ0) is 18.0. The van der Waals surface area contributed by atoms with Crippen LogP contribution in [0.1, 0.15) is 21.5 Å². The summed E-state index contributed by atoms with van der Waals surface area (Å²) in [7, 11) is 0. The van der Waals surface area contributed by atoms with Crippen LogP contribution in [-0.2, 0) is 11.3 Å². The van der Waals surface area contributed by atoms with E-state index < -0.39 is 17.9 Å². The zero-order valence-electron chi connectivity index (χ0n) is 13.0. The number of nitrogens with zero attached hydrogens (tertiary/aromatic N) is 1. The molecule has 2 aromatic carbocycles. The summed E-state index contributed by atoms with van der Waals surface area (Å²) in [6, 6.07) is 12.5. The van der Waals surface area contributed by atoms with Crippen molar-refractivity contribution in [2.45, 2.75) is 6.54 Å². The highest BCUT2D eigenvalue weighted by molar-refractivity contribution is 6.14. The summed E-state index contributed by atoms with van der Waals surface area (Å²) in [5.41, 5.74) is 1.05. The number of carbonyl (C=O) groups excluding carboxylic acids is 2. The Kier molecular flexibility index (Phi) is 4.21. The summed E-state index contributed by atoms with van der Waals surface area (Å²) in [6.07, 6.45) is 1.41. The third kappa shape index (κ3) is 3.35. The van der Waals surface area contributed by atoms with Crippen molar-refractivity contribution < 1.29 is 24.6 Å². The van der Waals surface area contributed by atoms with Crippen molar-refractivity contribution in [1.29, 1.82) is 0 Å². The van der Waals surface area contributed by atoms with Crippen LogP contribution < -0.4 is 5.32 Å². The van der Waals surface area contributed by atoms with Crippen molar-refractivity contribution in [3.05, 3.63) is 70.9 Å². The van der Waals surface area contributed by atoms with Crippen molar-refractivity contribution in [3.63, 3.8) is 0 Å². The van der Waals surface area contributed by atoms with Gasteiger partial charge in [-0.05, 0) is 29.3 Å². The van der Waals surface area contributed by atoms with E-state index in [4.69, 9.17) is 5.11 Å². The van der Waals surface area contributed by atoms with Crippen LogP contribution in [0.4, 0.5) is 4.79 Å². The Hall–Kier alpha value is -3.61. The summed E-state index contributed by atoms with van der Waals surface area (Å²) >= 11 is 0. The summed E-state index contributed by atoms with van der Waals surface area (Å²) < 4.78 is 0. The quantitative estimate of drug-likeness (QED) is 0.585. The molecule has 0 aromatic heterocycles. The first-order valence-electron chi connectivity index (χ1n) is 7.40. The van der Waals surface area contributed by atoms with Gasteiger partial charge in [-0.1, -0.05) is 36.4 Å². The highest BCUT2D eigenvalue weighted by Crippen LogP contribution is 2.23. The molecule has 0 aliphatic carbocycles. The maximum Gasteiger partial charge on any atom is 0.339 e. The topological polar surface area (TPSA) is 107 Å². The molecule has 0 atom stereocenters. The number of aromatic hydroxyl groups is 1. The van der Waals surface area contributed by atoms with Crippen LogP contribution in [0.2, 0.25) is 0 Å². The van der Waals surface area contributed by atoms with E-state index in [-0.39, 0.29) is 23.6 Å². The van der Waals surface area contributed by atoms with Gasteiger partial charge in [0.25, 0.3) is 5.91 Å². The Morgan fingerprint density at radius 1 is 1.12 bits per heavy atom. The largest absolute Gasteiger partial charge is 0.507 e. The van der Waals surface area contributed by atoms with E-state index in [1.165, 1.54) is 29.2 Å². The second-order valence-electron chi connectivity index (χ2n) is 5.44. The smallest absolute Gasteiger partial charge is 0.339 e. The van der Waals surface area contributed by atoms with Crippen molar-refractivity contribution in [2.75, 3.05) is 0 Å². The van der Waals surface area contributed by atoms with Crippen LogP contribution in [0.5, 0.6) is 5.75 Å². The van der Waals surface area contributed by atoms with E-state index in [9.17, 15) is 19.5 Å². The summed E-state index contributed by atoms with van der Waals surface area (Å²) in [5.74, 6) is -2.22. The number of aromatic carboxylic acids is 1. The molecule has 3 amide bonds. The maximum atomic E-state index is 12.1. The van der Waals surface area contributed by atoms with Crippen molar-refractivity contribution in [1.82, 2.24) is 10.2 Å². The summed E-state index contributed by atoms with van der Waals surface area (Å²) in [6.45, 7) is 0.202. The molecule has 25 heavy (non-hydrogen) atoms. The second-order valence-corrected chi connectivity index (χ2v) is 5.44. The third-order valence-corrected chi connectivity index (χ3v) is 3.73. The highest BCUT2D eigenvalue weighted by atomic mass is 16.4. The average Bonchev–Trinajstić information content (AvgIpc) is 2.84. The molecular weight excluding hydrogens is 324 g/mol. The van der Waals surface area contributed by atoms with Gasteiger partial charge in [0, 0.05) is 0 Å². The molecule has 0 unspecified atom stereocenters. The van der Waals surface area contributed by atoms with E-state index in [1.54, 1.807) is 0 Å². The Labute approximate surface area is 142 Å². The normalized spacial score (nSPS) is 15.5. The molecule has 0 bridgehead atoms. The number of rotatable bonds is 4. The van der Waals surface area contributed by atoms with E-state index in [0.29, 0.717) is 5.56 Å². The van der Waals surface area contributed by atoms with E-state index in [0.717, 1.165) is 5.56 Å². The van der Waals surface area contributed by atoms with Crippen LogP contribution >= 0.6 is 0 Å². The Balaban J connectivity index is 1.96. The van der Waals surface area contributed by atoms with Crippen LogP contribution in [-0.4, -0.2) is 33.0 Å². The minimum Gasteiger partial charge on any atom is -0.507 e. The zero-order valence-corrected chi connectivity index (χ0v) is 13.0. The molecule has 1 heterocycles. The first-order chi connectivity index (χ1) is 12.0. The lowest BCUT2D eigenvalue weighted by molar-refractivity contribution is -0.116. The van der Waals surface area contributed by atoms with Crippen molar-refractivity contribution in [2.24, 2.45) is 0 Å². The number of carboxylic acid groups (broad SMARTS) is 1. The molecule has 1 saturated heterocycles. The lowest BCUT2D eigenvalue weighted by Crippen LogP contribution is -2.27. The number of phenols is 1. The standard InChI is InChI=1S/C18H14N2O5/c21-15-7-6-12(8-13(15)17(23)24)9-14-16(22)19-18(25)20(14)10-11-4-2-1-3-5-11/h1-9,21H,10H2,(H,23,24)(H,19,22,25)/b14-9-. The predicted molar refractivity (Wildman–Crippen MR) is 88.6 cm³/mol. The average molecular weight is 338 g/mol. The number of carbonyl (C=O) groups is 3. The summed E-state index contributed by atoms with van der Waals surface area (Å²) in [5, 5.41) is 20.8. The van der Waals surface area contributed by atoms with Gasteiger partial charge >= 0.3 is 12.0 Å². The molecule has 3 N–H and O–H groups in total. The number of imide groups is 1. The van der Waals surface area contributed by atoms with Gasteiger partial charge in [-0.3, -0.25) is 15.0 Å². The second kappa shape index (κ2) is 6.48. The molecule has 1 aliphatic heterocycles. The lowest BCUT2D eigenvalue weighted by Gasteiger charge is -2.15. The summed E-state index contributed by atoms with van der Waals surface area (Å²) in [4.78, 5) is 36.5. The molecule has 0 saturated carbocycles. The number of carboxylic acids is 1. The maximum absolute atomic E-state index is 12.1. The fourth-order valence-electron chi connectivity index (χ4n) is 2.50. The number of urea groups is 1. The Bertz CT molecular complexity index is 890. The molecule has 7 heteroatoms. The van der Waals surface area contributed by atoms with Gasteiger partial charge in [-0.25, -0.2) is 9.59 Å². The number of benzene rings is 2. The number of hydrogen-bond donors (Lipinski definition) is 3. The van der Waals surface area contributed by atoms with E-state index in [2.05, 4.69) is 5.32 Å². The fourth-order valence-corrected chi connectivity index (χ4v) is 2.50. The van der Waals surface area contributed by atoms with Gasteiger partial charge in [0.05, 0.1) is 6.54 Å². The third-order valence-electron chi connectivity index (χ3n) is 3.73. The van der Waals surface area contributed by atoms with Crippen LogP contribution in [0.25, 0.3) is 6.08 Å². The number of hydrogen-bond acceptors (Lipinski definition) is 4. The first kappa shape index (κ1) is 16.3. The van der Waals surface area contributed by atoms with Gasteiger partial charge < -0.3 is 10.2 Å². The van der Waals surface area contributed by atoms with Gasteiger partial charge in [0.1, 0.15) is 17.0 Å². The van der Waals surface area contributed by atoms with Gasteiger partial charge in [-0.2, -0.15) is 0 Å².